The second kappa shape index (κ2) is 6.61. The van der Waals surface area contributed by atoms with E-state index in [0.717, 1.165) is 0 Å². The topological polar surface area (TPSA) is 0 Å². The van der Waals surface area contributed by atoms with Crippen molar-refractivity contribution in [3.05, 3.63) is 41.0 Å². The van der Waals surface area contributed by atoms with Crippen molar-refractivity contribution in [3.8, 4) is 0 Å². The van der Waals surface area contributed by atoms with Gasteiger partial charge in [0.05, 0.1) is 0 Å². The van der Waals surface area contributed by atoms with Crippen LogP contribution in [0, 0.1) is 0 Å². The predicted molar refractivity (Wildman–Crippen MR) is 96.9 cm³/mol. The molecule has 2 aliphatic carbocycles. The van der Waals surface area contributed by atoms with E-state index in [1.165, 1.54) is 25.0 Å². The van der Waals surface area contributed by atoms with Crippen LogP contribution in [-0.4, -0.2) is 12.1 Å². The molecule has 0 aromatic carbocycles. The predicted octanol–water partition coefficient (Wildman–Crippen LogP) is 5.41. The van der Waals surface area contributed by atoms with Gasteiger partial charge in [0, 0.05) is 0 Å². The van der Waals surface area contributed by atoms with Crippen molar-refractivity contribution in [1.29, 1.82) is 0 Å². The van der Waals surface area contributed by atoms with E-state index in [0.29, 0.717) is 0 Å². The van der Waals surface area contributed by atoms with Crippen LogP contribution in [0.2, 0.25) is 9.26 Å². The molecule has 0 unspecified atom stereocenters. The Bertz CT molecular complexity index is 564. The van der Waals surface area contributed by atoms with Gasteiger partial charge in [0.2, 0.25) is 0 Å². The third-order valence-corrected chi connectivity index (χ3v) is 27.6. The Kier molecular flexibility index (Phi) is 6.93. The molecular formula is C16H28Cl2GeZr. The zero-order valence-electron chi connectivity index (χ0n) is 13.6. The van der Waals surface area contributed by atoms with Crippen molar-refractivity contribution in [2.24, 2.45) is 0 Å². The van der Waals surface area contributed by atoms with Crippen LogP contribution in [0.15, 0.2) is 41.0 Å². The maximum atomic E-state index is 2.68. The molecule has 4 heteroatoms. The van der Waals surface area contributed by atoms with Crippen molar-refractivity contribution in [3.63, 3.8) is 0 Å². The summed E-state index contributed by atoms with van der Waals surface area (Å²) < 4.78 is 9.09. The number of allylic oxidation sites excluding steroid dienone is 8. The number of halogens is 2. The second-order valence-electron chi connectivity index (χ2n) is 7.34. The molecule has 0 N–H and O–H groups in total. The first-order valence-electron chi connectivity index (χ1n) is 6.92. The molecule has 0 bridgehead atoms. The van der Waals surface area contributed by atoms with E-state index in [2.05, 4.69) is 49.1 Å². The molecule has 0 aromatic rings. The molecule has 0 saturated heterocycles. The summed E-state index contributed by atoms with van der Waals surface area (Å²) in [6, 6.07) is 0. The molecule has 0 saturated carbocycles. The first-order chi connectivity index (χ1) is 8.10. The van der Waals surface area contributed by atoms with Crippen LogP contribution in [0.1, 0.15) is 40.5 Å². The molecule has 2 aliphatic rings. The van der Waals surface area contributed by atoms with Crippen molar-refractivity contribution in [2.75, 3.05) is 0 Å². The number of hydrogen-bond donors (Lipinski definition) is 0. The Morgan fingerprint density at radius 2 is 1.10 bits per heavy atom. The van der Waals surface area contributed by atoms with Crippen LogP contribution in [0.25, 0.3) is 0 Å². The van der Waals surface area contributed by atoms with Crippen LogP contribution in [0.3, 0.4) is 0 Å². The maximum absolute atomic E-state index is 2.75. The summed E-state index contributed by atoms with van der Waals surface area (Å²) in [7, 11) is 0. The smallest absolute Gasteiger partial charge is 0.147 e. The molecular weight excluding hydrogens is 427 g/mol. The minimum Gasteiger partial charge on any atom is -0.147 e. The van der Waals surface area contributed by atoms with Crippen LogP contribution in [-0.2, 0) is 15.7 Å². The van der Waals surface area contributed by atoms with Crippen molar-refractivity contribution >= 4 is 37.0 Å². The molecule has 0 heterocycles. The third kappa shape index (κ3) is 3.65. The van der Waals surface area contributed by atoms with E-state index < -0.39 is 15.7 Å². The summed E-state index contributed by atoms with van der Waals surface area (Å²) >= 11 is -1.24. The van der Waals surface area contributed by atoms with Gasteiger partial charge in [-0.2, -0.15) is 0 Å². The van der Waals surface area contributed by atoms with E-state index in [4.69, 9.17) is 0 Å². The quantitative estimate of drug-likeness (QED) is 0.489. The maximum Gasteiger partial charge on any atom is -0.147 e. The normalized spacial score (nSPS) is 19.6. The molecule has 114 valence electrons. The molecule has 20 heavy (non-hydrogen) atoms. The summed E-state index contributed by atoms with van der Waals surface area (Å²) in [6.45, 7) is 9.27. The molecule has 0 radical (unpaired) electrons. The molecule has 0 aromatic heterocycles. The minimum absolute atomic E-state index is 0. The first kappa shape index (κ1) is 21.0. The fourth-order valence-electron chi connectivity index (χ4n) is 3.87. The van der Waals surface area contributed by atoms with E-state index in [1.807, 2.05) is 6.56 Å². The Labute approximate surface area is 142 Å². The summed E-state index contributed by atoms with van der Waals surface area (Å²) in [4.78, 5) is 0. The Morgan fingerprint density at radius 3 is 1.30 bits per heavy atom. The largest absolute Gasteiger partial charge is 0.147 e. The zero-order chi connectivity index (χ0) is 13.7. The monoisotopic (exact) mass is 454 g/mol. The zero-order valence-corrected chi connectivity index (χ0v) is 20.7. The van der Waals surface area contributed by atoms with Gasteiger partial charge >= 0.3 is 119 Å². The van der Waals surface area contributed by atoms with Gasteiger partial charge in [-0.15, -0.1) is 24.8 Å². The molecule has 0 atom stereocenters. The second-order valence-corrected chi connectivity index (χ2v) is 49.8. The van der Waals surface area contributed by atoms with E-state index in [-0.39, 0.29) is 24.8 Å². The van der Waals surface area contributed by atoms with Crippen molar-refractivity contribution in [1.82, 2.24) is 0 Å². The summed E-state index contributed by atoms with van der Waals surface area (Å²) in [5.74, 6) is 0. The SMILES string of the molecule is CC1=CC(C)=[C]([Zr]([CH3])([CH3])(=[GeH2])[C]2=C(C)C=C(C)C2)C1.Cl.Cl. The first-order valence-corrected chi connectivity index (χ1v) is 24.8. The van der Waals surface area contributed by atoms with Gasteiger partial charge in [-0.3, -0.25) is 0 Å². The van der Waals surface area contributed by atoms with Gasteiger partial charge in [-0.1, -0.05) is 0 Å². The van der Waals surface area contributed by atoms with Gasteiger partial charge in [-0.05, 0) is 0 Å². The van der Waals surface area contributed by atoms with Gasteiger partial charge < -0.3 is 0 Å². The minimum atomic E-state index is -2.75. The van der Waals surface area contributed by atoms with Crippen molar-refractivity contribution < 1.29 is 15.7 Å². The fraction of sp³-hybridized carbons (Fsp3) is 0.500. The van der Waals surface area contributed by atoms with Crippen molar-refractivity contribution in [2.45, 2.75) is 49.8 Å². The van der Waals surface area contributed by atoms with Gasteiger partial charge in [0.25, 0.3) is 0 Å². The molecule has 2 rings (SSSR count). The van der Waals surface area contributed by atoms with Gasteiger partial charge in [-0.25, -0.2) is 0 Å². The average molecular weight is 455 g/mol. The summed E-state index contributed by atoms with van der Waals surface area (Å²) in [5, 5.41) is 0. The Hall–Kier alpha value is 0.966. The van der Waals surface area contributed by atoms with Gasteiger partial charge in [0.15, 0.2) is 0 Å². The molecule has 0 nitrogen and oxygen atoms in total. The van der Waals surface area contributed by atoms with E-state index in [1.54, 1.807) is 22.3 Å². The van der Waals surface area contributed by atoms with Crippen LogP contribution < -0.4 is 0 Å². The van der Waals surface area contributed by atoms with E-state index >= 15 is 0 Å². The summed E-state index contributed by atoms with van der Waals surface area (Å²) in [5.41, 5.74) is 6.33. The Morgan fingerprint density at radius 1 is 0.800 bits per heavy atom. The van der Waals surface area contributed by atoms with Crippen LogP contribution in [0.4, 0.5) is 0 Å². The Balaban J connectivity index is 0.00000180. The number of rotatable bonds is 2. The third-order valence-electron chi connectivity index (χ3n) is 4.72. The average Bonchev–Trinajstić information content (AvgIpc) is 2.70. The molecule has 0 spiro atoms. The van der Waals surface area contributed by atoms with Crippen LogP contribution in [0.5, 0.6) is 0 Å². The molecule has 0 fully saturated rings. The molecule has 0 amide bonds. The van der Waals surface area contributed by atoms with Gasteiger partial charge in [0.1, 0.15) is 0 Å². The number of hydrogen-bond acceptors (Lipinski definition) is 0. The van der Waals surface area contributed by atoms with E-state index in [9.17, 15) is 0 Å². The standard InChI is InChI=1S/2C7H9.2CH3.2ClH.GeH2.Zr/c2*1-6-3-4-7(2)5-6;;;;;;/h2*5H,3H2,1-2H3;2*1H3;2*1H;1H2;. The van der Waals surface area contributed by atoms with Crippen LogP contribution >= 0.6 is 24.8 Å². The fourth-order valence-corrected chi connectivity index (χ4v) is 25.5. The summed E-state index contributed by atoms with van der Waals surface area (Å²) in [6.07, 6.45) is 7.38. The molecule has 0 aliphatic heterocycles.